The lowest BCUT2D eigenvalue weighted by Gasteiger charge is -2.18. The Bertz CT molecular complexity index is 3190. The maximum Gasteiger partial charge on any atom is -0.00262 e. The fraction of sp³-hybridized carbons (Fsp3) is 0. The average molecular weight is 735 g/mol. The van der Waals surface area contributed by atoms with Crippen LogP contribution in [0, 0.1) is 0 Å². The lowest BCUT2D eigenvalue weighted by Crippen LogP contribution is -1.90. The van der Waals surface area contributed by atoms with Gasteiger partial charge in [-0.15, -0.1) is 0 Å². The molecule has 11 rings (SSSR count). The van der Waals surface area contributed by atoms with Crippen LogP contribution in [0.5, 0.6) is 0 Å². The van der Waals surface area contributed by atoms with Crippen molar-refractivity contribution in [3.63, 3.8) is 0 Å². The molecule has 0 heteroatoms. The molecular weight excluding hydrogens is 697 g/mol. The van der Waals surface area contributed by atoms with E-state index in [0.717, 1.165) is 0 Å². The van der Waals surface area contributed by atoms with Crippen LogP contribution < -0.4 is 0 Å². The van der Waals surface area contributed by atoms with Crippen molar-refractivity contribution in [3.05, 3.63) is 231 Å². The summed E-state index contributed by atoms with van der Waals surface area (Å²) in [6, 6.07) is 84.5. The molecule has 0 aliphatic heterocycles. The fourth-order valence-electron chi connectivity index (χ4n) is 8.93. The van der Waals surface area contributed by atoms with Gasteiger partial charge in [-0.25, -0.2) is 0 Å². The van der Waals surface area contributed by atoms with Crippen LogP contribution in [0.25, 0.3) is 110 Å². The third-order valence-electron chi connectivity index (χ3n) is 11.8. The molecule has 11 aromatic carbocycles. The van der Waals surface area contributed by atoms with Crippen molar-refractivity contribution in [1.29, 1.82) is 0 Å². The van der Waals surface area contributed by atoms with Crippen LogP contribution >= 0.6 is 0 Å². The van der Waals surface area contributed by atoms with Crippen LogP contribution in [-0.4, -0.2) is 0 Å². The van der Waals surface area contributed by atoms with E-state index in [-0.39, 0.29) is 0 Å². The lowest BCUT2D eigenvalue weighted by molar-refractivity contribution is 1.57. The second-order valence-corrected chi connectivity index (χ2v) is 15.3. The Morgan fingerprint density at radius 2 is 0.431 bits per heavy atom. The number of fused-ring (bicyclic) bond motifs is 4. The average Bonchev–Trinajstić information content (AvgIpc) is 3.30. The van der Waals surface area contributed by atoms with E-state index in [1.807, 2.05) is 0 Å². The van der Waals surface area contributed by atoms with Gasteiger partial charge in [-0.2, -0.15) is 0 Å². The molecule has 0 radical (unpaired) electrons. The van der Waals surface area contributed by atoms with Gasteiger partial charge in [-0.3, -0.25) is 0 Å². The molecule has 0 atom stereocenters. The highest BCUT2D eigenvalue weighted by atomic mass is 14.2. The second kappa shape index (κ2) is 14.2. The van der Waals surface area contributed by atoms with Crippen molar-refractivity contribution < 1.29 is 0 Å². The van der Waals surface area contributed by atoms with E-state index in [1.165, 1.54) is 110 Å². The predicted molar refractivity (Wildman–Crippen MR) is 249 cm³/mol. The summed E-state index contributed by atoms with van der Waals surface area (Å²) < 4.78 is 0. The van der Waals surface area contributed by atoms with Crippen LogP contribution in [0.3, 0.4) is 0 Å². The van der Waals surface area contributed by atoms with Crippen molar-refractivity contribution >= 4 is 43.1 Å². The number of rotatable bonds is 6. The summed E-state index contributed by atoms with van der Waals surface area (Å²) in [5, 5.41) is 10.0. The summed E-state index contributed by atoms with van der Waals surface area (Å²) in [7, 11) is 0. The number of hydrogen-bond acceptors (Lipinski definition) is 0. The van der Waals surface area contributed by atoms with Crippen LogP contribution in [0.2, 0.25) is 0 Å². The summed E-state index contributed by atoms with van der Waals surface area (Å²) in [6.07, 6.45) is 0. The van der Waals surface area contributed by atoms with Crippen LogP contribution in [0.15, 0.2) is 231 Å². The zero-order chi connectivity index (χ0) is 38.4. The summed E-state index contributed by atoms with van der Waals surface area (Å²) in [5.41, 5.74) is 14.8. The van der Waals surface area contributed by atoms with E-state index >= 15 is 0 Å². The van der Waals surface area contributed by atoms with Gasteiger partial charge in [0.1, 0.15) is 0 Å². The van der Waals surface area contributed by atoms with Crippen molar-refractivity contribution in [2.45, 2.75) is 0 Å². The maximum atomic E-state index is 2.37. The standard InChI is InChI=1S/C58H38/c1-4-14-39(15-5-1)50-36-51(40-16-6-2-7-17-40)38-52(37-50)48-29-28-44-32-42(24-25-45(44)34-48)43-26-27-47-35-49(31-30-46(47)33-43)58-55-22-12-10-20-53(55)57(41-18-8-3-9-19-41)54-21-11-13-23-56(54)58/h1-38H. The Hall–Kier alpha value is -7.54. The first-order valence-corrected chi connectivity index (χ1v) is 20.1. The minimum atomic E-state index is 1.21. The second-order valence-electron chi connectivity index (χ2n) is 15.3. The Labute approximate surface area is 339 Å². The molecule has 270 valence electrons. The molecule has 0 amide bonds. The quantitative estimate of drug-likeness (QED) is 0.149. The van der Waals surface area contributed by atoms with Gasteiger partial charge >= 0.3 is 0 Å². The topological polar surface area (TPSA) is 0 Å². The van der Waals surface area contributed by atoms with E-state index in [0.29, 0.717) is 0 Å². The molecule has 0 fully saturated rings. The molecule has 58 heavy (non-hydrogen) atoms. The Morgan fingerprint density at radius 3 is 0.828 bits per heavy atom. The monoisotopic (exact) mass is 734 g/mol. The van der Waals surface area contributed by atoms with Gasteiger partial charge in [0.2, 0.25) is 0 Å². The van der Waals surface area contributed by atoms with Crippen molar-refractivity contribution in [1.82, 2.24) is 0 Å². The molecule has 0 aliphatic carbocycles. The lowest BCUT2D eigenvalue weighted by atomic mass is 9.85. The molecule has 0 saturated carbocycles. The fourth-order valence-corrected chi connectivity index (χ4v) is 8.93. The third kappa shape index (κ3) is 6.04. The zero-order valence-electron chi connectivity index (χ0n) is 31.9. The number of hydrogen-bond donors (Lipinski definition) is 0. The van der Waals surface area contributed by atoms with E-state index in [9.17, 15) is 0 Å². The molecule has 0 aliphatic rings. The Morgan fingerprint density at radius 1 is 0.155 bits per heavy atom. The highest BCUT2D eigenvalue weighted by Crippen LogP contribution is 2.44. The highest BCUT2D eigenvalue weighted by molar-refractivity contribution is 6.21. The summed E-state index contributed by atoms with van der Waals surface area (Å²) in [5.74, 6) is 0. The molecule has 0 bridgehead atoms. The first-order chi connectivity index (χ1) is 28.7. The minimum absolute atomic E-state index is 1.21. The van der Waals surface area contributed by atoms with Gasteiger partial charge in [0, 0.05) is 0 Å². The molecule has 11 aromatic rings. The van der Waals surface area contributed by atoms with Gasteiger partial charge in [0.15, 0.2) is 0 Å². The van der Waals surface area contributed by atoms with Crippen LogP contribution in [0.1, 0.15) is 0 Å². The Balaban J connectivity index is 0.955. The molecular formula is C58H38. The summed E-state index contributed by atoms with van der Waals surface area (Å²) in [4.78, 5) is 0. The third-order valence-corrected chi connectivity index (χ3v) is 11.8. The molecule has 0 N–H and O–H groups in total. The largest absolute Gasteiger partial charge is 0.0622 e. The van der Waals surface area contributed by atoms with E-state index in [1.54, 1.807) is 0 Å². The zero-order valence-corrected chi connectivity index (χ0v) is 31.9. The molecule has 0 nitrogen and oxygen atoms in total. The predicted octanol–water partition coefficient (Wildman–Crippen LogP) is 16.3. The normalized spacial score (nSPS) is 11.4. The van der Waals surface area contributed by atoms with Crippen LogP contribution in [0.4, 0.5) is 0 Å². The number of benzene rings is 11. The van der Waals surface area contributed by atoms with Gasteiger partial charge in [0.25, 0.3) is 0 Å². The van der Waals surface area contributed by atoms with Crippen molar-refractivity contribution in [2.75, 3.05) is 0 Å². The molecule has 0 saturated heterocycles. The van der Waals surface area contributed by atoms with Gasteiger partial charge in [-0.1, -0.05) is 188 Å². The van der Waals surface area contributed by atoms with Gasteiger partial charge in [0.05, 0.1) is 0 Å². The van der Waals surface area contributed by atoms with E-state index in [4.69, 9.17) is 0 Å². The Kier molecular flexibility index (Phi) is 8.26. The summed E-state index contributed by atoms with van der Waals surface area (Å²) >= 11 is 0. The smallest absolute Gasteiger partial charge is 0.00262 e. The van der Waals surface area contributed by atoms with E-state index in [2.05, 4.69) is 231 Å². The molecule has 0 aromatic heterocycles. The maximum absolute atomic E-state index is 2.37. The SMILES string of the molecule is c1ccc(-c2cc(-c3ccccc3)cc(-c3ccc4cc(-c5ccc6cc(-c7c8ccccc8c(-c8ccccc8)c8ccccc78)ccc6c5)ccc4c3)c2)cc1. The first kappa shape index (κ1) is 33.8. The van der Waals surface area contributed by atoms with E-state index < -0.39 is 0 Å². The van der Waals surface area contributed by atoms with Crippen molar-refractivity contribution in [3.8, 4) is 66.8 Å². The first-order valence-electron chi connectivity index (χ1n) is 20.1. The summed E-state index contributed by atoms with van der Waals surface area (Å²) in [6.45, 7) is 0. The van der Waals surface area contributed by atoms with Crippen molar-refractivity contribution in [2.24, 2.45) is 0 Å². The van der Waals surface area contributed by atoms with Gasteiger partial charge < -0.3 is 0 Å². The minimum Gasteiger partial charge on any atom is -0.0622 e. The molecule has 0 heterocycles. The van der Waals surface area contributed by atoms with Gasteiger partial charge in [-0.05, 0) is 152 Å². The molecule has 0 unspecified atom stereocenters. The highest BCUT2D eigenvalue weighted by Gasteiger charge is 2.17. The molecule has 0 spiro atoms. The van der Waals surface area contributed by atoms with Crippen LogP contribution in [-0.2, 0) is 0 Å².